The van der Waals surface area contributed by atoms with Crippen molar-refractivity contribution in [2.24, 2.45) is 0 Å². The predicted molar refractivity (Wildman–Crippen MR) is 96.9 cm³/mol. The molecule has 1 saturated heterocycles. The van der Waals surface area contributed by atoms with E-state index >= 15 is 0 Å². The van der Waals surface area contributed by atoms with Crippen molar-refractivity contribution in [1.29, 1.82) is 0 Å². The van der Waals surface area contributed by atoms with Crippen LogP contribution in [0.3, 0.4) is 0 Å². The largest absolute Gasteiger partial charge is 0.392 e. The zero-order chi connectivity index (χ0) is 17.6. The summed E-state index contributed by atoms with van der Waals surface area (Å²) < 4.78 is 0. The van der Waals surface area contributed by atoms with Gasteiger partial charge in [-0.15, -0.1) is 0 Å². The number of hydrogen-bond donors (Lipinski definition) is 2. The van der Waals surface area contributed by atoms with E-state index in [0.717, 1.165) is 24.0 Å². The number of likely N-dealkylation sites (tertiary alicyclic amines) is 1. The van der Waals surface area contributed by atoms with Crippen LogP contribution in [0.2, 0.25) is 0 Å². The number of aliphatic hydroxyl groups excluding tert-OH is 2. The van der Waals surface area contributed by atoms with Gasteiger partial charge in [-0.2, -0.15) is 0 Å². The van der Waals surface area contributed by atoms with Gasteiger partial charge in [-0.3, -0.25) is 4.79 Å². The first-order valence-corrected chi connectivity index (χ1v) is 8.88. The van der Waals surface area contributed by atoms with Crippen LogP contribution < -0.4 is 0 Å². The summed E-state index contributed by atoms with van der Waals surface area (Å²) in [6.07, 6.45) is 1.16. The van der Waals surface area contributed by atoms with Gasteiger partial charge >= 0.3 is 0 Å². The quantitative estimate of drug-likeness (QED) is 0.880. The number of piperidine rings is 1. The Bertz CT molecular complexity index is 693. The number of benzene rings is 2. The number of aliphatic hydroxyl groups is 2. The van der Waals surface area contributed by atoms with E-state index in [1.165, 1.54) is 5.56 Å². The molecule has 0 aromatic heterocycles. The Morgan fingerprint density at radius 3 is 2.36 bits per heavy atom. The highest BCUT2D eigenvalue weighted by molar-refractivity contribution is 5.77. The van der Waals surface area contributed by atoms with Crippen LogP contribution in [0.4, 0.5) is 0 Å². The summed E-state index contributed by atoms with van der Waals surface area (Å²) in [5.74, 6) is 0.386. The third-order valence-electron chi connectivity index (χ3n) is 5.07. The van der Waals surface area contributed by atoms with Crippen LogP contribution in [0.15, 0.2) is 54.6 Å². The van der Waals surface area contributed by atoms with Crippen LogP contribution in [0.25, 0.3) is 0 Å². The molecule has 0 radical (unpaired) electrons. The Morgan fingerprint density at radius 1 is 1.04 bits per heavy atom. The van der Waals surface area contributed by atoms with E-state index in [1.807, 2.05) is 53.4 Å². The van der Waals surface area contributed by atoms with Gasteiger partial charge in [-0.05, 0) is 35.4 Å². The molecule has 4 nitrogen and oxygen atoms in total. The van der Waals surface area contributed by atoms with Crippen molar-refractivity contribution in [3.63, 3.8) is 0 Å². The second-order valence-corrected chi connectivity index (χ2v) is 6.64. The van der Waals surface area contributed by atoms with Crippen LogP contribution in [-0.2, 0) is 11.4 Å². The highest BCUT2D eigenvalue weighted by Gasteiger charge is 2.26. The lowest BCUT2D eigenvalue weighted by molar-refractivity contribution is -0.134. The van der Waals surface area contributed by atoms with Crippen molar-refractivity contribution in [2.45, 2.75) is 37.9 Å². The lowest BCUT2D eigenvalue weighted by Crippen LogP contribution is -2.38. The molecule has 0 bridgehead atoms. The number of nitrogens with zero attached hydrogens (tertiary/aromatic N) is 1. The van der Waals surface area contributed by atoms with Crippen molar-refractivity contribution >= 4 is 5.91 Å². The number of carbonyl (C=O) groups is 1. The second kappa shape index (κ2) is 8.28. The lowest BCUT2D eigenvalue weighted by atomic mass is 9.86. The van der Waals surface area contributed by atoms with Crippen LogP contribution in [0, 0.1) is 0 Å². The Morgan fingerprint density at radius 2 is 1.68 bits per heavy atom. The van der Waals surface area contributed by atoms with E-state index in [1.54, 1.807) is 0 Å². The molecule has 0 saturated carbocycles. The molecule has 1 amide bonds. The summed E-state index contributed by atoms with van der Waals surface area (Å²) in [5.41, 5.74) is 2.95. The molecule has 1 heterocycles. The van der Waals surface area contributed by atoms with Crippen LogP contribution >= 0.6 is 0 Å². The molecule has 1 fully saturated rings. The number of carbonyl (C=O) groups excluding carboxylic acids is 1. The molecule has 25 heavy (non-hydrogen) atoms. The summed E-state index contributed by atoms with van der Waals surface area (Å²) >= 11 is 0. The number of rotatable bonds is 5. The summed E-state index contributed by atoms with van der Waals surface area (Å²) in [5, 5.41) is 19.7. The summed E-state index contributed by atoms with van der Waals surface area (Å²) in [4.78, 5) is 14.3. The monoisotopic (exact) mass is 339 g/mol. The van der Waals surface area contributed by atoms with Crippen molar-refractivity contribution in [1.82, 2.24) is 4.90 Å². The van der Waals surface area contributed by atoms with Gasteiger partial charge in [0.1, 0.15) is 0 Å². The minimum absolute atomic E-state index is 0.00486. The van der Waals surface area contributed by atoms with E-state index in [2.05, 4.69) is 6.07 Å². The van der Waals surface area contributed by atoms with Gasteiger partial charge in [-0.25, -0.2) is 0 Å². The van der Waals surface area contributed by atoms with E-state index in [0.29, 0.717) is 19.0 Å². The summed E-state index contributed by atoms with van der Waals surface area (Å²) in [6, 6.07) is 17.3. The zero-order valence-electron chi connectivity index (χ0n) is 14.3. The molecule has 1 aliphatic rings. The van der Waals surface area contributed by atoms with Crippen molar-refractivity contribution < 1.29 is 15.0 Å². The van der Waals surface area contributed by atoms with Crippen molar-refractivity contribution in [3.05, 3.63) is 71.3 Å². The van der Waals surface area contributed by atoms with Crippen LogP contribution in [-0.4, -0.2) is 34.1 Å². The van der Waals surface area contributed by atoms with E-state index in [4.69, 9.17) is 0 Å². The first kappa shape index (κ1) is 17.6. The molecule has 1 aliphatic heterocycles. The fourth-order valence-electron chi connectivity index (χ4n) is 3.60. The maximum Gasteiger partial charge on any atom is 0.225 e. The minimum Gasteiger partial charge on any atom is -0.392 e. The van der Waals surface area contributed by atoms with Crippen molar-refractivity contribution in [3.8, 4) is 0 Å². The third kappa shape index (κ3) is 4.27. The van der Waals surface area contributed by atoms with E-state index in [-0.39, 0.29) is 18.9 Å². The molecule has 2 aromatic carbocycles. The second-order valence-electron chi connectivity index (χ2n) is 6.64. The predicted octanol–water partition coefficient (Wildman–Crippen LogP) is 3.01. The van der Waals surface area contributed by atoms with E-state index in [9.17, 15) is 15.0 Å². The number of hydrogen-bond acceptors (Lipinski definition) is 3. The molecular weight excluding hydrogens is 314 g/mol. The lowest BCUT2D eigenvalue weighted by Gasteiger charge is -2.33. The Hall–Kier alpha value is -2.17. The maximum atomic E-state index is 12.5. The Kier molecular flexibility index (Phi) is 5.84. The van der Waals surface area contributed by atoms with Gasteiger partial charge in [0, 0.05) is 13.1 Å². The van der Waals surface area contributed by atoms with Gasteiger partial charge in [0.05, 0.1) is 19.1 Å². The van der Waals surface area contributed by atoms with Crippen LogP contribution in [0.5, 0.6) is 0 Å². The maximum absolute atomic E-state index is 12.5. The fraction of sp³-hybridized carbons (Fsp3) is 0.381. The first-order chi connectivity index (χ1) is 12.2. The average molecular weight is 339 g/mol. The average Bonchev–Trinajstić information content (AvgIpc) is 2.68. The first-order valence-electron chi connectivity index (χ1n) is 8.88. The molecule has 132 valence electrons. The summed E-state index contributed by atoms with van der Waals surface area (Å²) in [7, 11) is 0. The molecule has 1 unspecified atom stereocenters. The Balaban J connectivity index is 1.56. The van der Waals surface area contributed by atoms with Gasteiger partial charge in [0.2, 0.25) is 5.91 Å². The van der Waals surface area contributed by atoms with Gasteiger partial charge in [-0.1, -0.05) is 54.6 Å². The Labute approximate surface area is 148 Å². The zero-order valence-corrected chi connectivity index (χ0v) is 14.3. The molecule has 0 spiro atoms. The highest BCUT2D eigenvalue weighted by Crippen LogP contribution is 2.31. The third-order valence-corrected chi connectivity index (χ3v) is 5.07. The van der Waals surface area contributed by atoms with Crippen LogP contribution in [0.1, 0.15) is 48.0 Å². The fourth-order valence-corrected chi connectivity index (χ4v) is 3.60. The van der Waals surface area contributed by atoms with Gasteiger partial charge in [0.15, 0.2) is 0 Å². The van der Waals surface area contributed by atoms with Gasteiger partial charge in [0.25, 0.3) is 0 Å². The SMILES string of the molecule is O=C(CC(O)c1ccccc1)N1CCC(c2ccccc2CO)CC1. The molecule has 3 rings (SSSR count). The molecule has 2 aromatic rings. The molecule has 4 heteroatoms. The molecule has 1 atom stereocenters. The topological polar surface area (TPSA) is 60.8 Å². The van der Waals surface area contributed by atoms with Gasteiger partial charge < -0.3 is 15.1 Å². The van der Waals surface area contributed by atoms with Crippen molar-refractivity contribution in [2.75, 3.05) is 13.1 Å². The minimum atomic E-state index is -0.749. The number of amides is 1. The smallest absolute Gasteiger partial charge is 0.225 e. The summed E-state index contributed by atoms with van der Waals surface area (Å²) in [6.45, 7) is 1.45. The normalized spacial score (nSPS) is 16.6. The standard InChI is InChI=1S/C21H25NO3/c23-15-18-8-4-5-9-19(18)16-10-12-22(13-11-16)21(25)14-20(24)17-6-2-1-3-7-17/h1-9,16,20,23-24H,10-15H2. The molecule has 2 N–H and O–H groups in total. The van der Waals surface area contributed by atoms with E-state index < -0.39 is 6.10 Å². The molecular formula is C21H25NO3. The highest BCUT2D eigenvalue weighted by atomic mass is 16.3. The molecule has 0 aliphatic carbocycles.